The van der Waals surface area contributed by atoms with Crippen molar-refractivity contribution in [2.45, 2.75) is 12.2 Å². The van der Waals surface area contributed by atoms with E-state index in [-0.39, 0.29) is 11.2 Å². The zero-order valence-electron chi connectivity index (χ0n) is 12.9. The van der Waals surface area contributed by atoms with Gasteiger partial charge >= 0.3 is 0 Å². The number of carbonyl (C=O) groups is 1. The van der Waals surface area contributed by atoms with Crippen LogP contribution in [0.25, 0.3) is 0 Å². The Hall–Kier alpha value is -2.29. The molecule has 1 amide bonds. The van der Waals surface area contributed by atoms with Crippen molar-refractivity contribution in [1.29, 1.82) is 5.26 Å². The molecule has 120 valence electrons. The maximum atomic E-state index is 12.8. The number of amidine groups is 1. The number of benzene rings is 2. The lowest BCUT2D eigenvalue weighted by atomic mass is 10.1. The van der Waals surface area contributed by atoms with Gasteiger partial charge in [0.1, 0.15) is 0 Å². The maximum absolute atomic E-state index is 12.8. The first-order chi connectivity index (χ1) is 11.6. The van der Waals surface area contributed by atoms with E-state index in [1.807, 2.05) is 12.1 Å². The number of nitrogens with zero attached hydrogens (tertiary/aromatic N) is 3. The maximum Gasteiger partial charge on any atom is 0.259 e. The summed E-state index contributed by atoms with van der Waals surface area (Å²) in [6.07, 6.45) is 0. The number of halogens is 1. The number of rotatable bonds is 2. The number of thioether (sulfide) groups is 1. The highest BCUT2D eigenvalue weighted by Crippen LogP contribution is 2.29. The molecule has 2 aromatic carbocycles. The molecule has 0 unspecified atom stereocenters. The van der Waals surface area contributed by atoms with Gasteiger partial charge in [0.25, 0.3) is 5.91 Å². The first-order valence-electron chi connectivity index (χ1n) is 7.40. The van der Waals surface area contributed by atoms with E-state index in [1.54, 1.807) is 53.1 Å². The number of hydrogen-bond acceptors (Lipinski definition) is 4. The lowest BCUT2D eigenvalue weighted by Crippen LogP contribution is -2.32. The van der Waals surface area contributed by atoms with Crippen LogP contribution >= 0.6 is 23.4 Å². The average molecular weight is 356 g/mol. The second-order valence-corrected chi connectivity index (χ2v) is 7.25. The summed E-state index contributed by atoms with van der Waals surface area (Å²) in [4.78, 5) is 19.0. The van der Waals surface area contributed by atoms with Crippen molar-refractivity contribution in [2.75, 3.05) is 6.54 Å². The van der Waals surface area contributed by atoms with Crippen LogP contribution in [0.1, 0.15) is 22.8 Å². The number of amides is 1. The normalized spacial score (nSPS) is 18.6. The Morgan fingerprint density at radius 2 is 1.92 bits per heavy atom. The summed E-state index contributed by atoms with van der Waals surface area (Å²) in [6.45, 7) is 2.67. The molecule has 1 saturated heterocycles. The van der Waals surface area contributed by atoms with Gasteiger partial charge in [-0.25, -0.2) is 4.99 Å². The van der Waals surface area contributed by atoms with Gasteiger partial charge in [-0.3, -0.25) is 9.69 Å². The second-order valence-electron chi connectivity index (χ2n) is 5.40. The number of hydrogen-bond donors (Lipinski definition) is 0. The third kappa shape index (κ3) is 3.61. The van der Waals surface area contributed by atoms with E-state index in [4.69, 9.17) is 16.9 Å². The lowest BCUT2D eigenvalue weighted by Gasteiger charge is -2.16. The molecule has 1 aliphatic rings. The molecule has 0 aliphatic carbocycles. The Labute approximate surface area is 149 Å². The van der Waals surface area contributed by atoms with E-state index in [0.29, 0.717) is 27.9 Å². The predicted molar refractivity (Wildman–Crippen MR) is 97.8 cm³/mol. The molecule has 0 spiro atoms. The highest BCUT2D eigenvalue weighted by atomic mass is 35.5. The number of nitriles is 1. The molecule has 3 rings (SSSR count). The van der Waals surface area contributed by atoms with Gasteiger partial charge in [-0.05, 0) is 48.5 Å². The molecule has 0 aromatic heterocycles. The first-order valence-corrected chi connectivity index (χ1v) is 8.65. The van der Waals surface area contributed by atoms with Gasteiger partial charge in [-0.1, -0.05) is 30.3 Å². The monoisotopic (exact) mass is 355 g/mol. The minimum absolute atomic E-state index is 0.107. The summed E-state index contributed by atoms with van der Waals surface area (Å²) in [5, 5.41) is 10.5. The van der Waals surface area contributed by atoms with Gasteiger partial charge in [-0.2, -0.15) is 5.26 Å². The fraction of sp³-hybridized carbons (Fsp3) is 0.167. The quantitative estimate of drug-likeness (QED) is 0.798. The van der Waals surface area contributed by atoms with Gasteiger partial charge in [0.05, 0.1) is 17.3 Å². The van der Waals surface area contributed by atoms with Crippen LogP contribution in [0, 0.1) is 11.3 Å². The van der Waals surface area contributed by atoms with E-state index >= 15 is 0 Å². The van der Waals surface area contributed by atoms with Gasteiger partial charge in [-0.15, -0.1) is 0 Å². The fourth-order valence-electron chi connectivity index (χ4n) is 2.34. The van der Waals surface area contributed by atoms with Crippen molar-refractivity contribution < 1.29 is 4.79 Å². The zero-order chi connectivity index (χ0) is 17.1. The Morgan fingerprint density at radius 3 is 2.54 bits per heavy atom. The van der Waals surface area contributed by atoms with Crippen molar-refractivity contribution >= 4 is 40.1 Å². The van der Waals surface area contributed by atoms with Crippen LogP contribution in [0.5, 0.6) is 0 Å². The van der Waals surface area contributed by atoms with Crippen molar-refractivity contribution in [3.8, 4) is 6.07 Å². The van der Waals surface area contributed by atoms with Crippen molar-refractivity contribution in [2.24, 2.45) is 4.99 Å². The molecule has 0 saturated carbocycles. The second kappa shape index (κ2) is 7.08. The molecule has 0 bridgehead atoms. The Bertz CT molecular complexity index is 825. The van der Waals surface area contributed by atoms with E-state index in [1.165, 1.54) is 0 Å². The first kappa shape index (κ1) is 16.6. The lowest BCUT2D eigenvalue weighted by molar-refractivity contribution is 0.0855. The van der Waals surface area contributed by atoms with Gasteiger partial charge in [0, 0.05) is 22.4 Å². The molecule has 6 heteroatoms. The van der Waals surface area contributed by atoms with Crippen LogP contribution in [0.15, 0.2) is 53.5 Å². The van der Waals surface area contributed by atoms with E-state index in [2.05, 4.69) is 18.0 Å². The summed E-state index contributed by atoms with van der Waals surface area (Å²) in [7, 11) is 0. The van der Waals surface area contributed by atoms with Gasteiger partial charge < -0.3 is 0 Å². The van der Waals surface area contributed by atoms with Crippen LogP contribution < -0.4 is 0 Å². The smallest absolute Gasteiger partial charge is 0.259 e. The Kier molecular flexibility index (Phi) is 4.89. The topological polar surface area (TPSA) is 56.5 Å². The summed E-state index contributed by atoms with van der Waals surface area (Å²) in [6, 6.07) is 15.9. The molecule has 1 atom stereocenters. The third-order valence-electron chi connectivity index (χ3n) is 3.53. The van der Waals surface area contributed by atoms with E-state index < -0.39 is 0 Å². The minimum atomic E-state index is -0.107. The molecule has 1 fully saturated rings. The molecular weight excluding hydrogens is 342 g/mol. The Balaban J connectivity index is 1.88. The number of aliphatic imine (C=N–C) groups is 1. The fourth-order valence-corrected chi connectivity index (χ4v) is 3.49. The molecular formula is C18H14ClN3OS. The SMILES string of the molecule is C[C@@H]1CN(C(=O)c2ccc(C#N)cc2)C(=Nc2ccc(Cl)cc2)S1. The van der Waals surface area contributed by atoms with Crippen LogP contribution in [-0.4, -0.2) is 27.8 Å². The zero-order valence-corrected chi connectivity index (χ0v) is 14.5. The molecule has 4 nitrogen and oxygen atoms in total. The highest BCUT2D eigenvalue weighted by Gasteiger charge is 2.31. The summed E-state index contributed by atoms with van der Waals surface area (Å²) in [5.74, 6) is -0.107. The van der Waals surface area contributed by atoms with E-state index in [0.717, 1.165) is 5.69 Å². The predicted octanol–water partition coefficient (Wildman–Crippen LogP) is 4.48. The van der Waals surface area contributed by atoms with Crippen LogP contribution in [0.3, 0.4) is 0 Å². The van der Waals surface area contributed by atoms with Crippen LogP contribution in [-0.2, 0) is 0 Å². The van der Waals surface area contributed by atoms with Crippen molar-refractivity contribution in [1.82, 2.24) is 4.90 Å². The van der Waals surface area contributed by atoms with Crippen LogP contribution in [0.2, 0.25) is 5.02 Å². The Morgan fingerprint density at radius 1 is 1.25 bits per heavy atom. The third-order valence-corrected chi connectivity index (χ3v) is 4.86. The molecule has 0 radical (unpaired) electrons. The van der Waals surface area contributed by atoms with E-state index in [9.17, 15) is 4.79 Å². The van der Waals surface area contributed by atoms with Crippen molar-refractivity contribution in [3.05, 3.63) is 64.7 Å². The van der Waals surface area contributed by atoms with Gasteiger partial charge in [0.2, 0.25) is 0 Å². The van der Waals surface area contributed by atoms with Crippen LogP contribution in [0.4, 0.5) is 5.69 Å². The molecule has 2 aromatic rings. The van der Waals surface area contributed by atoms with Gasteiger partial charge in [0.15, 0.2) is 5.17 Å². The summed E-state index contributed by atoms with van der Waals surface area (Å²) < 4.78 is 0. The summed E-state index contributed by atoms with van der Waals surface area (Å²) >= 11 is 7.47. The summed E-state index contributed by atoms with van der Waals surface area (Å²) in [5.41, 5.74) is 1.84. The largest absolute Gasteiger partial charge is 0.286 e. The highest BCUT2D eigenvalue weighted by molar-refractivity contribution is 8.14. The number of carbonyl (C=O) groups excluding carboxylic acids is 1. The van der Waals surface area contributed by atoms with Crippen molar-refractivity contribution in [3.63, 3.8) is 0 Å². The molecule has 24 heavy (non-hydrogen) atoms. The minimum Gasteiger partial charge on any atom is -0.286 e. The molecule has 1 heterocycles. The standard InChI is InChI=1S/C18H14ClN3OS/c1-12-11-22(17(23)14-4-2-13(10-20)3-5-14)18(24-12)21-16-8-6-15(19)7-9-16/h2-9,12H,11H2,1H3/t12-/m1/s1. The average Bonchev–Trinajstić information content (AvgIpc) is 2.96. The molecule has 0 N–H and O–H groups in total. The molecule has 1 aliphatic heterocycles.